The minimum atomic E-state index is -3.64. The van der Waals surface area contributed by atoms with E-state index in [2.05, 4.69) is 4.98 Å². The van der Waals surface area contributed by atoms with E-state index in [9.17, 15) is 8.42 Å². The number of anilines is 2. The summed E-state index contributed by atoms with van der Waals surface area (Å²) < 4.78 is 28.6. The first kappa shape index (κ1) is 13.9. The van der Waals surface area contributed by atoms with Crippen molar-refractivity contribution < 1.29 is 8.42 Å². The number of aromatic nitrogens is 2. The van der Waals surface area contributed by atoms with E-state index in [0.29, 0.717) is 30.2 Å². The van der Waals surface area contributed by atoms with Gasteiger partial charge < -0.3 is 10.3 Å². The van der Waals surface area contributed by atoms with Crippen LogP contribution in [-0.4, -0.2) is 24.5 Å². The molecule has 0 unspecified atom stereocenters. The first-order valence-electron chi connectivity index (χ1n) is 6.72. The van der Waals surface area contributed by atoms with Crippen LogP contribution in [0.4, 0.5) is 11.4 Å². The lowest BCUT2D eigenvalue weighted by molar-refractivity contribution is 0.589. The molecule has 3 rings (SSSR count). The zero-order valence-electron chi connectivity index (χ0n) is 12.3. The van der Waals surface area contributed by atoms with Crippen LogP contribution in [0.3, 0.4) is 0 Å². The second kappa shape index (κ2) is 4.49. The Morgan fingerprint density at radius 2 is 2.00 bits per heavy atom. The Morgan fingerprint density at radius 3 is 2.62 bits per heavy atom. The lowest BCUT2D eigenvalue weighted by Gasteiger charge is -2.18. The molecule has 0 bridgehead atoms. The van der Waals surface area contributed by atoms with Crippen LogP contribution in [0.5, 0.6) is 0 Å². The third-order valence-electron chi connectivity index (χ3n) is 3.96. The molecule has 0 radical (unpaired) electrons. The van der Waals surface area contributed by atoms with Crippen molar-refractivity contribution in [2.45, 2.75) is 25.3 Å². The second-order valence-electron chi connectivity index (χ2n) is 5.40. The Balaban J connectivity index is 2.09. The molecule has 112 valence electrons. The zero-order chi connectivity index (χ0) is 15.4. The van der Waals surface area contributed by atoms with Gasteiger partial charge in [-0.05, 0) is 37.5 Å². The first-order valence-corrected chi connectivity index (χ1v) is 8.16. The maximum absolute atomic E-state index is 12.8. The van der Waals surface area contributed by atoms with E-state index < -0.39 is 10.0 Å². The van der Waals surface area contributed by atoms with Crippen LogP contribution in [0.15, 0.2) is 23.4 Å². The highest BCUT2D eigenvalue weighted by Gasteiger charge is 2.33. The molecule has 7 heteroatoms. The number of rotatable bonds is 2. The van der Waals surface area contributed by atoms with Crippen molar-refractivity contribution >= 4 is 21.4 Å². The van der Waals surface area contributed by atoms with E-state index in [4.69, 9.17) is 5.73 Å². The number of nitrogens with two attached hydrogens (primary N) is 1. The number of hydrogen-bond donors (Lipinski definition) is 1. The molecule has 2 aromatic rings. The number of hydrogen-bond acceptors (Lipinski definition) is 4. The van der Waals surface area contributed by atoms with Gasteiger partial charge in [0.1, 0.15) is 5.82 Å². The third-order valence-corrected chi connectivity index (χ3v) is 5.65. The van der Waals surface area contributed by atoms with Gasteiger partial charge in [0.2, 0.25) is 0 Å². The quantitative estimate of drug-likeness (QED) is 0.850. The van der Waals surface area contributed by atoms with E-state index in [1.807, 2.05) is 13.0 Å². The molecule has 1 aliphatic rings. The van der Waals surface area contributed by atoms with Gasteiger partial charge in [0.25, 0.3) is 10.0 Å². The van der Waals surface area contributed by atoms with Crippen molar-refractivity contribution in [2.24, 2.45) is 7.05 Å². The van der Waals surface area contributed by atoms with Gasteiger partial charge in [0, 0.05) is 25.5 Å². The predicted octanol–water partition coefficient (Wildman–Crippen LogP) is 1.37. The monoisotopic (exact) mass is 306 g/mol. The molecule has 0 atom stereocenters. The Bertz CT molecular complexity index is 804. The van der Waals surface area contributed by atoms with Crippen LogP contribution in [0.1, 0.15) is 17.0 Å². The lowest BCUT2D eigenvalue weighted by Crippen LogP contribution is -2.29. The molecular formula is C14H18N4O2S. The second-order valence-corrected chi connectivity index (χ2v) is 7.21. The summed E-state index contributed by atoms with van der Waals surface area (Å²) >= 11 is 0. The Morgan fingerprint density at radius 1 is 1.29 bits per heavy atom. The molecule has 2 heterocycles. The molecule has 0 saturated heterocycles. The summed E-state index contributed by atoms with van der Waals surface area (Å²) in [6, 6.07) is 3.70. The summed E-state index contributed by atoms with van der Waals surface area (Å²) in [5.74, 6) is 0.663. The Hall–Kier alpha value is -2.02. The zero-order valence-corrected chi connectivity index (χ0v) is 13.1. The van der Waals surface area contributed by atoms with Gasteiger partial charge in [0.05, 0.1) is 5.69 Å². The number of aryl methyl sites for hydroxylation is 3. The smallest absolute Gasteiger partial charge is 0.283 e. The van der Waals surface area contributed by atoms with Gasteiger partial charge in [-0.2, -0.15) is 8.42 Å². The highest BCUT2D eigenvalue weighted by molar-refractivity contribution is 7.92. The van der Waals surface area contributed by atoms with E-state index >= 15 is 0 Å². The summed E-state index contributed by atoms with van der Waals surface area (Å²) in [6.07, 6.45) is 2.24. The van der Waals surface area contributed by atoms with Gasteiger partial charge in [0.15, 0.2) is 5.03 Å². The van der Waals surface area contributed by atoms with E-state index in [-0.39, 0.29) is 5.03 Å². The van der Waals surface area contributed by atoms with Gasteiger partial charge in [-0.15, -0.1) is 0 Å². The average Bonchev–Trinajstić information content (AvgIpc) is 2.95. The molecule has 1 aromatic carbocycles. The van der Waals surface area contributed by atoms with Crippen molar-refractivity contribution in [3.63, 3.8) is 0 Å². The topological polar surface area (TPSA) is 81.2 Å². The molecule has 6 nitrogen and oxygen atoms in total. The number of nitrogen functional groups attached to an aromatic ring is 1. The SMILES string of the molecule is Cc1cc2c(cc1N)N(S(=O)(=O)c1cn(C)c(C)n1)CC2. The highest BCUT2D eigenvalue weighted by atomic mass is 32.2. The number of sulfonamides is 1. The van der Waals surface area contributed by atoms with Crippen LogP contribution in [0.25, 0.3) is 0 Å². The molecule has 0 fully saturated rings. The van der Waals surface area contributed by atoms with Crippen molar-refractivity contribution in [3.8, 4) is 0 Å². The molecule has 0 spiro atoms. The molecule has 2 N–H and O–H groups in total. The highest BCUT2D eigenvalue weighted by Crippen LogP contribution is 2.35. The number of benzene rings is 1. The summed E-state index contributed by atoms with van der Waals surface area (Å²) in [7, 11) is -1.86. The molecular weight excluding hydrogens is 288 g/mol. The number of imidazole rings is 1. The maximum Gasteiger partial charge on any atom is 0.283 e. The molecule has 21 heavy (non-hydrogen) atoms. The van der Waals surface area contributed by atoms with E-state index in [0.717, 1.165) is 11.1 Å². The van der Waals surface area contributed by atoms with Crippen LogP contribution in [0, 0.1) is 13.8 Å². The Kier molecular flexibility index (Phi) is 2.98. The van der Waals surface area contributed by atoms with Crippen LogP contribution in [-0.2, 0) is 23.5 Å². The van der Waals surface area contributed by atoms with Gasteiger partial charge in [-0.3, -0.25) is 4.31 Å². The standard InChI is InChI=1S/C14H18N4O2S/c1-9-6-11-4-5-18(13(11)7-12(9)15)21(19,20)14-8-17(3)10(2)16-14/h6-8H,4-5,15H2,1-3H3. The van der Waals surface area contributed by atoms with E-state index in [1.165, 1.54) is 4.31 Å². The summed E-state index contributed by atoms with van der Waals surface area (Å²) in [6.45, 7) is 4.13. The van der Waals surface area contributed by atoms with Crippen LogP contribution < -0.4 is 10.0 Å². The summed E-state index contributed by atoms with van der Waals surface area (Å²) in [4.78, 5) is 4.14. The fourth-order valence-corrected chi connectivity index (χ4v) is 4.09. The number of fused-ring (bicyclic) bond motifs is 1. The normalized spacial score (nSPS) is 14.5. The van der Waals surface area contributed by atoms with Gasteiger partial charge >= 0.3 is 0 Å². The van der Waals surface area contributed by atoms with Crippen LogP contribution >= 0.6 is 0 Å². The summed E-state index contributed by atoms with van der Waals surface area (Å²) in [5, 5.41) is 0.0782. The Labute approximate surface area is 124 Å². The van der Waals surface area contributed by atoms with E-state index in [1.54, 1.807) is 30.8 Å². The summed E-state index contributed by atoms with van der Waals surface area (Å²) in [5.41, 5.74) is 9.18. The number of nitrogens with zero attached hydrogens (tertiary/aromatic N) is 3. The molecule has 1 aromatic heterocycles. The van der Waals surface area contributed by atoms with Crippen molar-refractivity contribution in [1.29, 1.82) is 0 Å². The lowest BCUT2D eigenvalue weighted by atomic mass is 10.1. The minimum Gasteiger partial charge on any atom is -0.398 e. The van der Waals surface area contributed by atoms with Crippen molar-refractivity contribution in [2.75, 3.05) is 16.6 Å². The molecule has 0 amide bonds. The van der Waals surface area contributed by atoms with Gasteiger partial charge in [-0.25, -0.2) is 4.98 Å². The van der Waals surface area contributed by atoms with Gasteiger partial charge in [-0.1, -0.05) is 6.07 Å². The van der Waals surface area contributed by atoms with Crippen molar-refractivity contribution in [1.82, 2.24) is 9.55 Å². The van der Waals surface area contributed by atoms with Crippen LogP contribution in [0.2, 0.25) is 0 Å². The maximum atomic E-state index is 12.8. The average molecular weight is 306 g/mol. The van der Waals surface area contributed by atoms with Crippen molar-refractivity contribution in [3.05, 3.63) is 35.3 Å². The predicted molar refractivity (Wildman–Crippen MR) is 81.8 cm³/mol. The third kappa shape index (κ3) is 2.08. The molecule has 1 aliphatic heterocycles. The fraction of sp³-hybridized carbons (Fsp3) is 0.357. The molecule has 0 saturated carbocycles. The molecule has 0 aliphatic carbocycles. The first-order chi connectivity index (χ1) is 9.80. The largest absolute Gasteiger partial charge is 0.398 e. The fourth-order valence-electron chi connectivity index (χ4n) is 2.56. The minimum absolute atomic E-state index is 0.0782.